The van der Waals surface area contributed by atoms with E-state index in [9.17, 15) is 13.2 Å². The number of aromatic carboxylic acids is 1. The third-order valence-corrected chi connectivity index (χ3v) is 4.52. The average Bonchev–Trinajstić information content (AvgIpc) is 2.49. The van der Waals surface area contributed by atoms with Crippen LogP contribution in [0.2, 0.25) is 0 Å². The SMILES string of the molecule is CCOc1ccc(S(=O)(=O)Nc2ccccc2C(=O)O)cc1C. The zero-order valence-corrected chi connectivity index (χ0v) is 13.6. The third-order valence-electron chi connectivity index (χ3n) is 3.16. The van der Waals surface area contributed by atoms with Gasteiger partial charge in [0.1, 0.15) is 5.75 Å². The van der Waals surface area contributed by atoms with E-state index < -0.39 is 16.0 Å². The summed E-state index contributed by atoms with van der Waals surface area (Å²) in [6.07, 6.45) is 0. The van der Waals surface area contributed by atoms with Crippen LogP contribution in [0.4, 0.5) is 5.69 Å². The van der Waals surface area contributed by atoms with Gasteiger partial charge in [-0.05, 0) is 49.7 Å². The van der Waals surface area contributed by atoms with Crippen molar-refractivity contribution in [2.75, 3.05) is 11.3 Å². The van der Waals surface area contributed by atoms with Crippen molar-refractivity contribution in [2.45, 2.75) is 18.7 Å². The van der Waals surface area contributed by atoms with Crippen LogP contribution in [0.15, 0.2) is 47.4 Å². The zero-order chi connectivity index (χ0) is 17.0. The number of sulfonamides is 1. The fraction of sp³-hybridized carbons (Fsp3) is 0.188. The summed E-state index contributed by atoms with van der Waals surface area (Å²) in [5.74, 6) is -0.594. The van der Waals surface area contributed by atoms with Gasteiger partial charge in [-0.3, -0.25) is 4.72 Å². The van der Waals surface area contributed by atoms with Crippen LogP contribution in [0.3, 0.4) is 0 Å². The maximum Gasteiger partial charge on any atom is 0.337 e. The van der Waals surface area contributed by atoms with E-state index in [1.165, 1.54) is 30.3 Å². The van der Waals surface area contributed by atoms with Gasteiger partial charge in [0.05, 0.1) is 22.8 Å². The molecular weight excluding hydrogens is 318 g/mol. The summed E-state index contributed by atoms with van der Waals surface area (Å²) in [5.41, 5.74) is 0.589. The molecule has 0 aliphatic carbocycles. The zero-order valence-electron chi connectivity index (χ0n) is 12.7. The maximum atomic E-state index is 12.5. The Bertz CT molecular complexity index is 830. The van der Waals surface area contributed by atoms with Gasteiger partial charge < -0.3 is 9.84 Å². The summed E-state index contributed by atoms with van der Waals surface area (Å²) in [6, 6.07) is 10.3. The van der Waals surface area contributed by atoms with Gasteiger partial charge in [-0.25, -0.2) is 13.2 Å². The van der Waals surface area contributed by atoms with Crippen molar-refractivity contribution in [2.24, 2.45) is 0 Å². The lowest BCUT2D eigenvalue weighted by Crippen LogP contribution is -2.15. The molecule has 0 atom stereocenters. The van der Waals surface area contributed by atoms with E-state index in [4.69, 9.17) is 9.84 Å². The second kappa shape index (κ2) is 6.70. The number of para-hydroxylation sites is 1. The topological polar surface area (TPSA) is 92.7 Å². The van der Waals surface area contributed by atoms with Crippen molar-refractivity contribution in [1.82, 2.24) is 0 Å². The molecule has 0 radical (unpaired) electrons. The Kier molecular flexibility index (Phi) is 4.90. The molecular formula is C16H17NO5S. The molecule has 2 rings (SSSR count). The molecule has 0 aliphatic rings. The number of carbonyl (C=O) groups is 1. The van der Waals surface area contributed by atoms with Crippen molar-refractivity contribution in [3.63, 3.8) is 0 Å². The monoisotopic (exact) mass is 335 g/mol. The van der Waals surface area contributed by atoms with Crippen LogP contribution < -0.4 is 9.46 Å². The molecule has 2 aromatic rings. The van der Waals surface area contributed by atoms with Gasteiger partial charge in [-0.1, -0.05) is 12.1 Å². The predicted molar refractivity (Wildman–Crippen MR) is 86.6 cm³/mol. The predicted octanol–water partition coefficient (Wildman–Crippen LogP) is 2.89. The van der Waals surface area contributed by atoms with Gasteiger partial charge in [-0.2, -0.15) is 0 Å². The van der Waals surface area contributed by atoms with Gasteiger partial charge >= 0.3 is 5.97 Å². The summed E-state index contributed by atoms with van der Waals surface area (Å²) in [7, 11) is -3.89. The molecule has 0 aromatic heterocycles. The smallest absolute Gasteiger partial charge is 0.337 e. The quantitative estimate of drug-likeness (QED) is 0.847. The number of carboxylic acid groups (broad SMARTS) is 1. The normalized spacial score (nSPS) is 11.0. The molecule has 0 fully saturated rings. The van der Waals surface area contributed by atoms with Crippen LogP contribution in [0.5, 0.6) is 5.75 Å². The number of hydrogen-bond acceptors (Lipinski definition) is 4. The average molecular weight is 335 g/mol. The minimum absolute atomic E-state index is 0.0199. The fourth-order valence-corrected chi connectivity index (χ4v) is 3.23. The number of benzene rings is 2. The minimum atomic E-state index is -3.89. The van der Waals surface area contributed by atoms with E-state index in [1.807, 2.05) is 6.92 Å². The van der Waals surface area contributed by atoms with Gasteiger partial charge in [0.15, 0.2) is 0 Å². The molecule has 0 saturated heterocycles. The molecule has 0 unspecified atom stereocenters. The summed E-state index contributed by atoms with van der Waals surface area (Å²) >= 11 is 0. The summed E-state index contributed by atoms with van der Waals surface area (Å²) in [4.78, 5) is 11.2. The molecule has 23 heavy (non-hydrogen) atoms. The molecule has 122 valence electrons. The lowest BCUT2D eigenvalue weighted by molar-refractivity contribution is 0.0698. The van der Waals surface area contributed by atoms with E-state index in [1.54, 1.807) is 19.1 Å². The first-order valence-corrected chi connectivity index (χ1v) is 8.42. The molecule has 2 aromatic carbocycles. The molecule has 0 spiro atoms. The molecule has 0 heterocycles. The number of carboxylic acids is 1. The first kappa shape index (κ1) is 16.8. The van der Waals surface area contributed by atoms with E-state index in [-0.39, 0.29) is 16.1 Å². The van der Waals surface area contributed by atoms with Gasteiger partial charge in [-0.15, -0.1) is 0 Å². The number of aryl methyl sites for hydroxylation is 1. The Labute approximate surface area is 134 Å². The van der Waals surface area contributed by atoms with Crippen molar-refractivity contribution >= 4 is 21.7 Å². The fourth-order valence-electron chi connectivity index (χ4n) is 2.07. The van der Waals surface area contributed by atoms with Crippen LogP contribution in [-0.4, -0.2) is 26.1 Å². The second-order valence-corrected chi connectivity index (χ2v) is 6.50. The first-order valence-electron chi connectivity index (χ1n) is 6.93. The van der Waals surface area contributed by atoms with Crippen LogP contribution in [0.1, 0.15) is 22.8 Å². The van der Waals surface area contributed by atoms with Crippen LogP contribution in [0.25, 0.3) is 0 Å². The van der Waals surface area contributed by atoms with E-state index in [2.05, 4.69) is 4.72 Å². The second-order valence-electron chi connectivity index (χ2n) is 4.82. The highest BCUT2D eigenvalue weighted by Crippen LogP contribution is 2.24. The molecule has 0 amide bonds. The summed E-state index contributed by atoms with van der Waals surface area (Å²) in [6.45, 7) is 4.07. The van der Waals surface area contributed by atoms with Crippen molar-refractivity contribution in [3.8, 4) is 5.75 Å². The molecule has 7 heteroatoms. The summed E-state index contributed by atoms with van der Waals surface area (Å²) in [5, 5.41) is 9.12. The molecule has 2 N–H and O–H groups in total. The van der Waals surface area contributed by atoms with Gasteiger partial charge in [0.25, 0.3) is 10.0 Å². The Balaban J connectivity index is 2.37. The third kappa shape index (κ3) is 3.81. The van der Waals surface area contributed by atoms with Crippen LogP contribution >= 0.6 is 0 Å². The number of anilines is 1. The highest BCUT2D eigenvalue weighted by molar-refractivity contribution is 7.92. The number of hydrogen-bond donors (Lipinski definition) is 2. The highest BCUT2D eigenvalue weighted by atomic mass is 32.2. The summed E-state index contributed by atoms with van der Waals surface area (Å²) < 4.78 is 32.6. The van der Waals surface area contributed by atoms with Gasteiger partial charge in [0.2, 0.25) is 0 Å². The highest BCUT2D eigenvalue weighted by Gasteiger charge is 2.19. The molecule has 0 aliphatic heterocycles. The Hall–Kier alpha value is -2.54. The standard InChI is InChI=1S/C16H17NO5S/c1-3-22-15-9-8-12(10-11(15)2)23(20,21)17-14-7-5-4-6-13(14)16(18)19/h4-10,17H,3H2,1-2H3,(H,18,19). The van der Waals surface area contributed by atoms with Crippen molar-refractivity contribution in [3.05, 3.63) is 53.6 Å². The van der Waals surface area contributed by atoms with Crippen molar-refractivity contribution in [1.29, 1.82) is 0 Å². The molecule has 0 saturated carbocycles. The van der Waals surface area contributed by atoms with Gasteiger partial charge in [0, 0.05) is 0 Å². The number of rotatable bonds is 6. The van der Waals surface area contributed by atoms with E-state index in [0.717, 1.165) is 0 Å². The first-order chi connectivity index (χ1) is 10.8. The molecule has 0 bridgehead atoms. The Morgan fingerprint density at radius 1 is 1.22 bits per heavy atom. The Morgan fingerprint density at radius 2 is 1.91 bits per heavy atom. The van der Waals surface area contributed by atoms with E-state index >= 15 is 0 Å². The van der Waals surface area contributed by atoms with Crippen LogP contribution in [-0.2, 0) is 10.0 Å². The largest absolute Gasteiger partial charge is 0.494 e. The van der Waals surface area contributed by atoms with Crippen molar-refractivity contribution < 1.29 is 23.1 Å². The Morgan fingerprint density at radius 3 is 2.52 bits per heavy atom. The lowest BCUT2D eigenvalue weighted by atomic mass is 10.2. The number of nitrogens with one attached hydrogen (secondary N) is 1. The maximum absolute atomic E-state index is 12.5. The lowest BCUT2D eigenvalue weighted by Gasteiger charge is -2.12. The van der Waals surface area contributed by atoms with E-state index in [0.29, 0.717) is 17.9 Å². The minimum Gasteiger partial charge on any atom is -0.494 e. The molecule has 6 nitrogen and oxygen atoms in total. The van der Waals surface area contributed by atoms with Crippen LogP contribution in [0, 0.1) is 6.92 Å². The number of ether oxygens (including phenoxy) is 1.